The lowest BCUT2D eigenvalue weighted by atomic mass is 9.96. The first kappa shape index (κ1) is 16.1. The maximum Gasteiger partial charge on any atom is 0.222 e. The van der Waals surface area contributed by atoms with Crippen molar-refractivity contribution in [3.63, 3.8) is 0 Å². The van der Waals surface area contributed by atoms with Crippen molar-refractivity contribution in [3.8, 4) is 0 Å². The number of carbonyl (C=O) groups is 1. The fourth-order valence-electron chi connectivity index (χ4n) is 3.15. The van der Waals surface area contributed by atoms with Gasteiger partial charge in [-0.3, -0.25) is 9.79 Å². The minimum absolute atomic E-state index is 0.311. The van der Waals surface area contributed by atoms with E-state index in [1.54, 1.807) is 0 Å². The molecule has 0 radical (unpaired) electrons. The average Bonchev–Trinajstić information content (AvgIpc) is 2.90. The number of carbonyl (C=O) groups excluding carboxylic acids is 1. The Hall–Kier alpha value is -1.26. The van der Waals surface area contributed by atoms with Crippen molar-refractivity contribution in [2.75, 3.05) is 26.2 Å². The Kier molecular flexibility index (Phi) is 6.83. The van der Waals surface area contributed by atoms with Crippen molar-refractivity contribution in [2.24, 2.45) is 4.99 Å². The van der Waals surface area contributed by atoms with Gasteiger partial charge in [0.25, 0.3) is 0 Å². The molecule has 0 unspecified atom stereocenters. The van der Waals surface area contributed by atoms with E-state index in [2.05, 4.69) is 22.5 Å². The summed E-state index contributed by atoms with van der Waals surface area (Å²) in [5.41, 5.74) is 0. The molecule has 1 aliphatic heterocycles. The number of likely N-dealkylation sites (tertiary alicyclic amines) is 1. The number of nitrogens with zero attached hydrogens (tertiary/aromatic N) is 2. The topological polar surface area (TPSA) is 56.7 Å². The number of nitrogens with one attached hydrogen (secondary N) is 2. The van der Waals surface area contributed by atoms with Crippen LogP contribution in [0.2, 0.25) is 0 Å². The van der Waals surface area contributed by atoms with E-state index in [1.807, 2.05) is 4.90 Å². The third-order valence-electron chi connectivity index (χ3n) is 4.32. The fraction of sp³-hybridized carbons (Fsp3) is 0.875. The third-order valence-corrected chi connectivity index (χ3v) is 4.32. The minimum Gasteiger partial charge on any atom is -0.357 e. The molecule has 2 fully saturated rings. The van der Waals surface area contributed by atoms with Crippen LogP contribution in [-0.4, -0.2) is 49.0 Å². The molecule has 1 saturated heterocycles. The monoisotopic (exact) mass is 294 g/mol. The van der Waals surface area contributed by atoms with Crippen molar-refractivity contribution in [2.45, 2.75) is 64.3 Å². The van der Waals surface area contributed by atoms with Crippen LogP contribution in [0.1, 0.15) is 58.3 Å². The van der Waals surface area contributed by atoms with Gasteiger partial charge in [0.1, 0.15) is 0 Å². The van der Waals surface area contributed by atoms with Crippen LogP contribution in [0.5, 0.6) is 0 Å². The summed E-state index contributed by atoms with van der Waals surface area (Å²) >= 11 is 0. The molecule has 1 heterocycles. The first-order chi connectivity index (χ1) is 10.3. The molecule has 1 aliphatic carbocycles. The first-order valence-corrected chi connectivity index (χ1v) is 8.62. The molecule has 1 amide bonds. The van der Waals surface area contributed by atoms with E-state index in [0.717, 1.165) is 51.4 Å². The zero-order valence-corrected chi connectivity index (χ0v) is 13.4. The quantitative estimate of drug-likeness (QED) is 0.447. The number of guanidine groups is 1. The van der Waals surface area contributed by atoms with E-state index >= 15 is 0 Å². The molecule has 2 aliphatic rings. The van der Waals surface area contributed by atoms with E-state index in [-0.39, 0.29) is 0 Å². The Morgan fingerprint density at radius 3 is 2.76 bits per heavy atom. The van der Waals surface area contributed by atoms with Gasteiger partial charge in [0.15, 0.2) is 5.96 Å². The lowest BCUT2D eigenvalue weighted by Crippen LogP contribution is -2.44. The van der Waals surface area contributed by atoms with Crippen LogP contribution in [0.15, 0.2) is 4.99 Å². The van der Waals surface area contributed by atoms with Crippen molar-refractivity contribution in [1.82, 2.24) is 15.5 Å². The highest BCUT2D eigenvalue weighted by molar-refractivity contribution is 5.80. The zero-order valence-electron chi connectivity index (χ0n) is 13.4. The molecule has 1 saturated carbocycles. The maximum atomic E-state index is 11.5. The van der Waals surface area contributed by atoms with E-state index in [9.17, 15) is 4.79 Å². The fourth-order valence-corrected chi connectivity index (χ4v) is 3.15. The van der Waals surface area contributed by atoms with E-state index in [0.29, 0.717) is 11.9 Å². The molecule has 2 N–H and O–H groups in total. The summed E-state index contributed by atoms with van der Waals surface area (Å²) in [5, 5.41) is 6.88. The number of rotatable bonds is 6. The van der Waals surface area contributed by atoms with Crippen LogP contribution in [0.3, 0.4) is 0 Å². The standard InChI is InChI=1S/C16H30N4O/c1-2-17-16(19-14-8-4-3-5-9-14)18-11-7-13-20-12-6-10-15(20)21/h14H,2-13H2,1H3,(H2,17,18,19). The molecule has 5 nitrogen and oxygen atoms in total. The smallest absolute Gasteiger partial charge is 0.222 e. The highest BCUT2D eigenvalue weighted by Crippen LogP contribution is 2.17. The predicted molar refractivity (Wildman–Crippen MR) is 86.4 cm³/mol. The molecule has 0 aromatic carbocycles. The van der Waals surface area contributed by atoms with Crippen molar-refractivity contribution >= 4 is 11.9 Å². The molecule has 5 heteroatoms. The van der Waals surface area contributed by atoms with Crippen LogP contribution in [0.25, 0.3) is 0 Å². The Bertz CT molecular complexity index is 350. The lowest BCUT2D eigenvalue weighted by molar-refractivity contribution is -0.127. The van der Waals surface area contributed by atoms with Crippen LogP contribution >= 0.6 is 0 Å². The maximum absolute atomic E-state index is 11.5. The molecule has 0 spiro atoms. The first-order valence-electron chi connectivity index (χ1n) is 8.62. The van der Waals surface area contributed by atoms with Crippen LogP contribution in [-0.2, 0) is 4.79 Å². The molecule has 0 aromatic rings. The van der Waals surface area contributed by atoms with Gasteiger partial charge < -0.3 is 15.5 Å². The van der Waals surface area contributed by atoms with Crippen molar-refractivity contribution in [1.29, 1.82) is 0 Å². The zero-order chi connectivity index (χ0) is 14.9. The summed E-state index contributed by atoms with van der Waals surface area (Å²) in [5.74, 6) is 1.25. The summed E-state index contributed by atoms with van der Waals surface area (Å²) in [6, 6.07) is 0.580. The van der Waals surface area contributed by atoms with Gasteiger partial charge in [0.2, 0.25) is 5.91 Å². The Labute approximate surface area is 128 Å². The molecule has 0 bridgehead atoms. The molecular formula is C16H30N4O. The highest BCUT2D eigenvalue weighted by atomic mass is 16.2. The Balaban J connectivity index is 1.70. The third kappa shape index (κ3) is 5.56. The van der Waals surface area contributed by atoms with Gasteiger partial charge >= 0.3 is 0 Å². The van der Waals surface area contributed by atoms with Gasteiger partial charge in [-0.05, 0) is 32.6 Å². The summed E-state index contributed by atoms with van der Waals surface area (Å²) in [4.78, 5) is 18.2. The molecule has 21 heavy (non-hydrogen) atoms. The Morgan fingerprint density at radius 1 is 1.29 bits per heavy atom. The van der Waals surface area contributed by atoms with E-state index in [1.165, 1.54) is 32.1 Å². The summed E-state index contributed by atoms with van der Waals surface area (Å²) in [6.07, 6.45) is 9.24. The van der Waals surface area contributed by atoms with Gasteiger partial charge in [-0.25, -0.2) is 0 Å². The van der Waals surface area contributed by atoms with E-state index < -0.39 is 0 Å². The molecular weight excluding hydrogens is 264 g/mol. The number of aliphatic imine (C=N–C) groups is 1. The second-order valence-electron chi connectivity index (χ2n) is 6.08. The highest BCUT2D eigenvalue weighted by Gasteiger charge is 2.19. The largest absolute Gasteiger partial charge is 0.357 e. The number of amides is 1. The Morgan fingerprint density at radius 2 is 2.10 bits per heavy atom. The van der Waals surface area contributed by atoms with Crippen molar-refractivity contribution in [3.05, 3.63) is 0 Å². The molecule has 2 rings (SSSR count). The SMILES string of the molecule is CCNC(=NCCCN1CCCC1=O)NC1CCCCC1. The minimum atomic E-state index is 0.311. The van der Waals surface area contributed by atoms with Gasteiger partial charge in [-0.2, -0.15) is 0 Å². The summed E-state index contributed by atoms with van der Waals surface area (Å²) in [6.45, 7) is 5.56. The van der Waals surface area contributed by atoms with E-state index in [4.69, 9.17) is 0 Å². The summed E-state index contributed by atoms with van der Waals surface area (Å²) < 4.78 is 0. The molecule has 120 valence electrons. The number of hydrogen-bond acceptors (Lipinski definition) is 2. The predicted octanol–water partition coefficient (Wildman–Crippen LogP) is 1.89. The number of hydrogen-bond donors (Lipinski definition) is 2. The van der Waals surface area contributed by atoms with Gasteiger partial charge in [0.05, 0.1) is 0 Å². The van der Waals surface area contributed by atoms with Crippen molar-refractivity contribution < 1.29 is 4.79 Å². The van der Waals surface area contributed by atoms with Gasteiger partial charge in [-0.1, -0.05) is 19.3 Å². The van der Waals surface area contributed by atoms with Crippen LogP contribution < -0.4 is 10.6 Å². The van der Waals surface area contributed by atoms with Crippen LogP contribution in [0, 0.1) is 0 Å². The van der Waals surface area contributed by atoms with Gasteiger partial charge in [0, 0.05) is 38.6 Å². The molecule has 0 atom stereocenters. The lowest BCUT2D eigenvalue weighted by Gasteiger charge is -2.25. The van der Waals surface area contributed by atoms with Gasteiger partial charge in [-0.15, -0.1) is 0 Å². The summed E-state index contributed by atoms with van der Waals surface area (Å²) in [7, 11) is 0. The average molecular weight is 294 g/mol. The molecule has 0 aromatic heterocycles. The normalized spacial score (nSPS) is 20.9. The second-order valence-corrected chi connectivity index (χ2v) is 6.08. The van der Waals surface area contributed by atoms with Crippen LogP contribution in [0.4, 0.5) is 0 Å². The second kappa shape index (κ2) is 8.90.